The second kappa shape index (κ2) is 57.8. The minimum atomic E-state index is -4.94. The van der Waals surface area contributed by atoms with Crippen LogP contribution in [0.5, 0.6) is 0 Å². The smallest absolute Gasteiger partial charge is 0.462 e. The van der Waals surface area contributed by atoms with Gasteiger partial charge < -0.3 is 33.8 Å². The Kier molecular flexibility index (Phi) is 56.4. The van der Waals surface area contributed by atoms with Crippen molar-refractivity contribution in [2.75, 3.05) is 39.6 Å². The number of carbonyl (C=O) groups excluding carboxylic acids is 4. The molecular weight excluding hydrogens is 1100 g/mol. The Morgan fingerprint density at radius 3 is 0.819 bits per heavy atom. The molecule has 0 rings (SSSR count). The maximum absolute atomic E-state index is 13.0. The molecule has 0 radical (unpaired) electrons. The van der Waals surface area contributed by atoms with Crippen LogP contribution in [0.3, 0.4) is 0 Å². The Bertz CT molecular complexity index is 1620. The number of aliphatic hydroxyl groups excluding tert-OH is 1. The monoisotopic (exact) mass is 1230 g/mol. The van der Waals surface area contributed by atoms with E-state index in [-0.39, 0.29) is 25.7 Å². The summed E-state index contributed by atoms with van der Waals surface area (Å²) in [6.45, 7) is 7.11. The van der Waals surface area contributed by atoms with E-state index < -0.39 is 97.5 Å². The molecule has 0 aromatic carbocycles. The van der Waals surface area contributed by atoms with Crippen LogP contribution in [0.4, 0.5) is 0 Å². The first-order chi connectivity index (χ1) is 40.0. The fourth-order valence-electron chi connectivity index (χ4n) is 9.58. The molecule has 0 bridgehead atoms. The lowest BCUT2D eigenvalue weighted by Crippen LogP contribution is -2.30. The Morgan fingerprint density at radius 2 is 0.554 bits per heavy atom. The van der Waals surface area contributed by atoms with Gasteiger partial charge >= 0.3 is 39.5 Å². The number of aliphatic hydroxyl groups is 1. The van der Waals surface area contributed by atoms with Crippen LogP contribution in [0.25, 0.3) is 0 Å². The van der Waals surface area contributed by atoms with Crippen molar-refractivity contribution < 1.29 is 80.2 Å². The van der Waals surface area contributed by atoms with Crippen LogP contribution in [0, 0.1) is 5.92 Å². The van der Waals surface area contributed by atoms with Crippen LogP contribution >= 0.6 is 15.6 Å². The Morgan fingerprint density at radius 1 is 0.325 bits per heavy atom. The Balaban J connectivity index is 5.18. The van der Waals surface area contributed by atoms with Gasteiger partial charge in [-0.3, -0.25) is 37.3 Å². The fourth-order valence-corrected chi connectivity index (χ4v) is 11.2. The average molecular weight is 1230 g/mol. The summed E-state index contributed by atoms with van der Waals surface area (Å²) >= 11 is 0. The van der Waals surface area contributed by atoms with Crippen molar-refractivity contribution in [3.8, 4) is 0 Å². The molecule has 2 unspecified atom stereocenters. The van der Waals surface area contributed by atoms with Crippen molar-refractivity contribution in [1.29, 1.82) is 0 Å². The highest BCUT2D eigenvalue weighted by atomic mass is 31.2. The predicted octanol–water partition coefficient (Wildman–Crippen LogP) is 17.8. The van der Waals surface area contributed by atoms with E-state index in [0.717, 1.165) is 115 Å². The molecular formula is C64H124O17P2. The summed E-state index contributed by atoms with van der Waals surface area (Å²) in [5.74, 6) is -1.39. The number of rotatable bonds is 64. The van der Waals surface area contributed by atoms with E-state index in [1.807, 2.05) is 0 Å². The highest BCUT2D eigenvalue weighted by Crippen LogP contribution is 2.45. The third kappa shape index (κ3) is 58.8. The number of unbranched alkanes of at least 4 members (excludes halogenated alkanes) is 36. The number of carbonyl (C=O) groups is 4. The normalized spacial score (nSPS) is 14.2. The van der Waals surface area contributed by atoms with Gasteiger partial charge in [-0.1, -0.05) is 272 Å². The van der Waals surface area contributed by atoms with Gasteiger partial charge in [-0.15, -0.1) is 0 Å². The van der Waals surface area contributed by atoms with E-state index in [9.17, 15) is 43.2 Å². The minimum absolute atomic E-state index is 0.105. The zero-order valence-electron chi connectivity index (χ0n) is 53.3. The van der Waals surface area contributed by atoms with E-state index >= 15 is 0 Å². The molecule has 0 aromatic rings. The van der Waals surface area contributed by atoms with Gasteiger partial charge in [-0.25, -0.2) is 9.13 Å². The highest BCUT2D eigenvalue weighted by Gasteiger charge is 2.30. The van der Waals surface area contributed by atoms with Crippen molar-refractivity contribution in [2.24, 2.45) is 5.92 Å². The van der Waals surface area contributed by atoms with Gasteiger partial charge in [0, 0.05) is 25.7 Å². The maximum atomic E-state index is 13.0. The molecule has 3 N–H and O–H groups in total. The van der Waals surface area contributed by atoms with Crippen molar-refractivity contribution in [3.63, 3.8) is 0 Å². The van der Waals surface area contributed by atoms with Gasteiger partial charge in [-0.2, -0.15) is 0 Å². The maximum Gasteiger partial charge on any atom is 0.472 e. The van der Waals surface area contributed by atoms with E-state index in [1.165, 1.54) is 128 Å². The molecule has 0 fully saturated rings. The number of ether oxygens (including phenoxy) is 4. The van der Waals surface area contributed by atoms with Gasteiger partial charge in [-0.05, 0) is 31.6 Å². The molecule has 0 spiro atoms. The second-order valence-corrected chi connectivity index (χ2v) is 26.5. The summed E-state index contributed by atoms with van der Waals surface area (Å²) in [5, 5.41) is 10.5. The summed E-state index contributed by atoms with van der Waals surface area (Å²) in [6.07, 6.45) is 41.9. The lowest BCUT2D eigenvalue weighted by Gasteiger charge is -2.21. The van der Waals surface area contributed by atoms with E-state index in [1.54, 1.807) is 0 Å². The number of hydrogen-bond acceptors (Lipinski definition) is 15. The molecule has 0 amide bonds. The summed E-state index contributed by atoms with van der Waals surface area (Å²) in [7, 11) is -9.88. The molecule has 19 heteroatoms. The average Bonchev–Trinajstić information content (AvgIpc) is 3.51. The summed E-state index contributed by atoms with van der Waals surface area (Å²) in [4.78, 5) is 72.0. The van der Waals surface area contributed by atoms with E-state index in [4.69, 9.17) is 37.0 Å². The molecule has 5 atom stereocenters. The zero-order valence-corrected chi connectivity index (χ0v) is 55.1. The quantitative estimate of drug-likeness (QED) is 0.0222. The number of hydrogen-bond donors (Lipinski definition) is 3. The zero-order chi connectivity index (χ0) is 61.3. The first-order valence-corrected chi connectivity index (χ1v) is 36.6. The Hall–Kier alpha value is -1.94. The van der Waals surface area contributed by atoms with Gasteiger partial charge in [0.1, 0.15) is 19.3 Å². The number of phosphoric acid groups is 2. The molecule has 83 heavy (non-hydrogen) atoms. The van der Waals surface area contributed by atoms with Crippen LogP contribution in [-0.2, 0) is 65.4 Å². The van der Waals surface area contributed by atoms with Crippen LogP contribution in [-0.4, -0.2) is 96.7 Å². The Labute approximate surface area is 505 Å². The number of esters is 4. The highest BCUT2D eigenvalue weighted by molar-refractivity contribution is 7.47. The molecule has 0 saturated heterocycles. The molecule has 17 nitrogen and oxygen atoms in total. The molecule has 0 heterocycles. The number of phosphoric ester groups is 2. The van der Waals surface area contributed by atoms with Crippen LogP contribution in [0.1, 0.15) is 324 Å². The SMILES string of the molecule is CCCCCCCCCCCCCCCCCCC(=O)O[C@H](COC(=O)CCCCCCCCCCCC(C)C)COP(=O)(O)OC[C@@H](O)COP(=O)(O)OC[C@@H](COC(=O)CCCCCCCCC)OC(=O)CCCCCCCCCC. The lowest BCUT2D eigenvalue weighted by molar-refractivity contribution is -0.161. The van der Waals surface area contributed by atoms with Crippen molar-refractivity contribution in [1.82, 2.24) is 0 Å². The third-order valence-electron chi connectivity index (χ3n) is 14.8. The molecule has 0 aliphatic carbocycles. The minimum Gasteiger partial charge on any atom is -0.462 e. The molecule has 492 valence electrons. The van der Waals surface area contributed by atoms with E-state index in [2.05, 4.69) is 34.6 Å². The second-order valence-electron chi connectivity index (χ2n) is 23.6. The van der Waals surface area contributed by atoms with Gasteiger partial charge in [0.05, 0.1) is 26.4 Å². The third-order valence-corrected chi connectivity index (χ3v) is 16.7. The first-order valence-electron chi connectivity index (χ1n) is 33.6. The summed E-state index contributed by atoms with van der Waals surface area (Å²) in [5.41, 5.74) is 0. The van der Waals surface area contributed by atoms with Crippen molar-refractivity contribution in [3.05, 3.63) is 0 Å². The van der Waals surface area contributed by atoms with Crippen LogP contribution < -0.4 is 0 Å². The lowest BCUT2D eigenvalue weighted by atomic mass is 10.0. The summed E-state index contributed by atoms with van der Waals surface area (Å²) < 4.78 is 67.9. The summed E-state index contributed by atoms with van der Waals surface area (Å²) in [6, 6.07) is 0. The fraction of sp³-hybridized carbons (Fsp3) is 0.938. The molecule has 0 saturated carbocycles. The van der Waals surface area contributed by atoms with E-state index in [0.29, 0.717) is 25.7 Å². The van der Waals surface area contributed by atoms with Gasteiger partial charge in [0.15, 0.2) is 12.2 Å². The van der Waals surface area contributed by atoms with Gasteiger partial charge in [0.25, 0.3) is 0 Å². The van der Waals surface area contributed by atoms with Gasteiger partial charge in [0.2, 0.25) is 0 Å². The topological polar surface area (TPSA) is 237 Å². The molecule has 0 aliphatic heterocycles. The van der Waals surface area contributed by atoms with Crippen LogP contribution in [0.2, 0.25) is 0 Å². The van der Waals surface area contributed by atoms with Crippen LogP contribution in [0.15, 0.2) is 0 Å². The predicted molar refractivity (Wildman–Crippen MR) is 331 cm³/mol. The molecule has 0 aromatic heterocycles. The first kappa shape index (κ1) is 81.1. The van der Waals surface area contributed by atoms with Crippen molar-refractivity contribution >= 4 is 39.5 Å². The molecule has 0 aliphatic rings. The largest absolute Gasteiger partial charge is 0.472 e. The van der Waals surface area contributed by atoms with Crippen molar-refractivity contribution in [2.45, 2.75) is 342 Å². The standard InChI is InChI=1S/C64H124O17P2/c1-6-9-12-15-18-20-21-22-23-24-25-26-29-35-40-45-50-64(69)81-60(54-75-62(67)48-43-38-34-30-27-28-32-36-41-46-57(4)5)56-79-83(72,73)77-52-58(65)51-76-82(70,71)78-55-59(53-74-61(66)47-42-37-31-17-14-11-8-3)80-63(68)49-44-39-33-19-16-13-10-7-2/h57-60,65H,6-56H2,1-5H3,(H,70,71)(H,72,73)/t58-,59+,60+/m0/s1.